The Balaban J connectivity index is 2.15. The van der Waals surface area contributed by atoms with Gasteiger partial charge in [0.2, 0.25) is 5.88 Å². The van der Waals surface area contributed by atoms with Crippen molar-refractivity contribution in [3.8, 4) is 5.88 Å². The van der Waals surface area contributed by atoms with Gasteiger partial charge in [0.1, 0.15) is 5.65 Å². The molecule has 0 unspecified atom stereocenters. The molecule has 0 atom stereocenters. The van der Waals surface area contributed by atoms with E-state index in [0.717, 1.165) is 23.1 Å². The lowest BCUT2D eigenvalue weighted by molar-refractivity contribution is 0.0690. The van der Waals surface area contributed by atoms with Crippen LogP contribution < -0.4 is 10.3 Å². The summed E-state index contributed by atoms with van der Waals surface area (Å²) in [7, 11) is 1.31. The molecule has 8 heteroatoms. The number of rotatable bonds is 3. The van der Waals surface area contributed by atoms with Gasteiger partial charge >= 0.3 is 5.97 Å². The normalized spacial score (nSPS) is 16.2. The molecular weight excluding hydrogens is 278 g/mol. The van der Waals surface area contributed by atoms with Gasteiger partial charge in [-0.2, -0.15) is 9.61 Å². The molecular formula is C13H15N3O5. The highest BCUT2D eigenvalue weighted by molar-refractivity contribution is 5.90. The predicted octanol–water partition coefficient (Wildman–Crippen LogP) is 0.623. The van der Waals surface area contributed by atoms with E-state index in [9.17, 15) is 9.59 Å². The molecule has 2 aromatic heterocycles. The third-order valence-electron chi connectivity index (χ3n) is 3.66. The van der Waals surface area contributed by atoms with Gasteiger partial charge in [0.05, 0.1) is 12.8 Å². The van der Waals surface area contributed by atoms with Gasteiger partial charge in [0.15, 0.2) is 5.56 Å². The molecule has 1 fully saturated rings. The number of aromatic carboxylic acids is 1. The van der Waals surface area contributed by atoms with Crippen LogP contribution in [0.3, 0.4) is 0 Å². The average molecular weight is 293 g/mol. The molecule has 3 rings (SSSR count). The molecule has 0 amide bonds. The van der Waals surface area contributed by atoms with Crippen molar-refractivity contribution in [1.29, 1.82) is 0 Å². The van der Waals surface area contributed by atoms with E-state index in [2.05, 4.69) is 10.1 Å². The van der Waals surface area contributed by atoms with Crippen LogP contribution in [0.4, 0.5) is 0 Å². The van der Waals surface area contributed by atoms with E-state index in [1.54, 1.807) is 6.07 Å². The van der Waals surface area contributed by atoms with Gasteiger partial charge in [0.25, 0.3) is 5.56 Å². The van der Waals surface area contributed by atoms with Crippen molar-refractivity contribution in [2.24, 2.45) is 0 Å². The van der Waals surface area contributed by atoms with Crippen LogP contribution in [0, 0.1) is 0 Å². The molecule has 2 N–H and O–H groups in total. The quantitative estimate of drug-likeness (QED) is 0.859. The first-order chi connectivity index (χ1) is 10.1. The number of nitrogens with zero attached hydrogens (tertiary/aromatic N) is 2. The number of carboxylic acid groups (broad SMARTS) is 1. The molecule has 21 heavy (non-hydrogen) atoms. The van der Waals surface area contributed by atoms with Gasteiger partial charge in [-0.3, -0.25) is 4.79 Å². The van der Waals surface area contributed by atoms with E-state index in [4.69, 9.17) is 14.6 Å². The summed E-state index contributed by atoms with van der Waals surface area (Å²) in [5.41, 5.74) is 0.0256. The number of aromatic nitrogens is 3. The van der Waals surface area contributed by atoms with Gasteiger partial charge in [0, 0.05) is 25.2 Å². The van der Waals surface area contributed by atoms with Crippen molar-refractivity contribution in [2.45, 2.75) is 18.8 Å². The van der Waals surface area contributed by atoms with Crippen LogP contribution in [-0.2, 0) is 4.74 Å². The Morgan fingerprint density at radius 3 is 2.86 bits per heavy atom. The first-order valence-electron chi connectivity index (χ1n) is 6.62. The van der Waals surface area contributed by atoms with Crippen LogP contribution >= 0.6 is 0 Å². The third-order valence-corrected chi connectivity index (χ3v) is 3.66. The van der Waals surface area contributed by atoms with E-state index in [1.165, 1.54) is 7.11 Å². The molecule has 1 saturated heterocycles. The fraction of sp³-hybridized carbons (Fsp3) is 0.462. The molecule has 0 spiro atoms. The van der Waals surface area contributed by atoms with Crippen molar-refractivity contribution >= 4 is 11.6 Å². The van der Waals surface area contributed by atoms with Crippen molar-refractivity contribution in [1.82, 2.24) is 14.6 Å². The summed E-state index contributed by atoms with van der Waals surface area (Å²) in [4.78, 5) is 26.2. The highest BCUT2D eigenvalue weighted by Crippen LogP contribution is 2.26. The number of hydrogen-bond acceptors (Lipinski definition) is 5. The van der Waals surface area contributed by atoms with Crippen molar-refractivity contribution in [2.75, 3.05) is 20.3 Å². The van der Waals surface area contributed by atoms with Crippen molar-refractivity contribution in [3.05, 3.63) is 27.7 Å². The molecule has 0 radical (unpaired) electrons. The smallest absolute Gasteiger partial charge is 0.346 e. The van der Waals surface area contributed by atoms with E-state index >= 15 is 0 Å². The monoisotopic (exact) mass is 293 g/mol. The molecule has 3 heterocycles. The zero-order valence-corrected chi connectivity index (χ0v) is 11.5. The van der Waals surface area contributed by atoms with Gasteiger partial charge in [-0.25, -0.2) is 4.79 Å². The number of fused-ring (bicyclic) bond motifs is 1. The SMILES string of the molecule is COc1[nH]c2cc(C3CCOCC3)nn2c(=O)c1C(=O)O. The van der Waals surface area contributed by atoms with Crippen LogP contribution in [0.2, 0.25) is 0 Å². The number of ether oxygens (including phenoxy) is 2. The van der Waals surface area contributed by atoms with Crippen molar-refractivity contribution < 1.29 is 19.4 Å². The predicted molar refractivity (Wildman–Crippen MR) is 72.1 cm³/mol. The molecule has 1 aliphatic rings. The minimum Gasteiger partial charge on any atom is -0.482 e. The number of aromatic amines is 1. The minimum absolute atomic E-state index is 0.0709. The molecule has 0 aliphatic carbocycles. The average Bonchev–Trinajstić information content (AvgIpc) is 2.92. The highest BCUT2D eigenvalue weighted by Gasteiger charge is 2.23. The van der Waals surface area contributed by atoms with Crippen molar-refractivity contribution in [3.63, 3.8) is 0 Å². The molecule has 0 saturated carbocycles. The second-order valence-electron chi connectivity index (χ2n) is 4.90. The lowest BCUT2D eigenvalue weighted by Crippen LogP contribution is -2.24. The van der Waals surface area contributed by atoms with Gasteiger partial charge in [-0.1, -0.05) is 0 Å². The summed E-state index contributed by atoms with van der Waals surface area (Å²) in [5, 5.41) is 13.4. The van der Waals surface area contributed by atoms with Crippen LogP contribution in [0.1, 0.15) is 34.8 Å². The van der Waals surface area contributed by atoms with Crippen LogP contribution in [0.5, 0.6) is 5.88 Å². The number of carboxylic acids is 1. The second kappa shape index (κ2) is 5.21. The minimum atomic E-state index is -1.35. The summed E-state index contributed by atoms with van der Waals surface area (Å²) in [6, 6.07) is 1.76. The summed E-state index contributed by atoms with van der Waals surface area (Å²) >= 11 is 0. The first kappa shape index (κ1) is 13.6. The maximum Gasteiger partial charge on any atom is 0.346 e. The maximum atomic E-state index is 12.2. The number of H-pyrrole nitrogens is 1. The molecule has 2 aromatic rings. The van der Waals surface area contributed by atoms with Gasteiger partial charge < -0.3 is 19.6 Å². The zero-order chi connectivity index (χ0) is 15.0. The summed E-state index contributed by atoms with van der Waals surface area (Å²) in [5.74, 6) is -1.21. The standard InChI is InChI=1S/C13H15N3O5/c1-20-11-10(13(18)19)12(17)16-9(14-11)6-8(15-16)7-2-4-21-5-3-7/h6-7,14H,2-5H2,1H3,(H,18,19). The topological polar surface area (TPSA) is 106 Å². The largest absolute Gasteiger partial charge is 0.482 e. The molecule has 0 bridgehead atoms. The number of carbonyl (C=O) groups is 1. The maximum absolute atomic E-state index is 12.2. The molecule has 1 aliphatic heterocycles. The van der Waals surface area contributed by atoms with E-state index in [1.807, 2.05) is 0 Å². The fourth-order valence-electron chi connectivity index (χ4n) is 2.56. The Labute approximate surface area is 119 Å². The summed E-state index contributed by atoms with van der Waals surface area (Å²) in [6.45, 7) is 1.33. The number of hydrogen-bond donors (Lipinski definition) is 2. The lowest BCUT2D eigenvalue weighted by atomic mass is 9.97. The van der Waals surface area contributed by atoms with Crippen LogP contribution in [0.15, 0.2) is 10.9 Å². The number of nitrogens with one attached hydrogen (secondary N) is 1. The third kappa shape index (κ3) is 2.27. The molecule has 8 nitrogen and oxygen atoms in total. The zero-order valence-electron chi connectivity index (χ0n) is 11.5. The van der Waals surface area contributed by atoms with E-state index < -0.39 is 17.1 Å². The Hall–Kier alpha value is -2.35. The first-order valence-corrected chi connectivity index (χ1v) is 6.62. The van der Waals surface area contributed by atoms with E-state index in [-0.39, 0.29) is 11.8 Å². The van der Waals surface area contributed by atoms with Gasteiger partial charge in [-0.05, 0) is 12.8 Å². The van der Waals surface area contributed by atoms with Crippen LogP contribution in [0.25, 0.3) is 5.65 Å². The highest BCUT2D eigenvalue weighted by atomic mass is 16.5. The molecule has 112 valence electrons. The summed E-state index contributed by atoms with van der Waals surface area (Å²) in [6.07, 6.45) is 1.67. The molecule has 0 aromatic carbocycles. The fourth-order valence-corrected chi connectivity index (χ4v) is 2.56. The van der Waals surface area contributed by atoms with Crippen LogP contribution in [-0.4, -0.2) is 46.0 Å². The summed E-state index contributed by atoms with van der Waals surface area (Å²) < 4.78 is 11.3. The van der Waals surface area contributed by atoms with Gasteiger partial charge in [-0.15, -0.1) is 0 Å². The lowest BCUT2D eigenvalue weighted by Gasteiger charge is -2.19. The Bertz CT molecular complexity index is 742. The second-order valence-corrected chi connectivity index (χ2v) is 4.90. The number of methoxy groups -OCH3 is 1. The Morgan fingerprint density at radius 1 is 1.52 bits per heavy atom. The van der Waals surface area contributed by atoms with E-state index in [0.29, 0.717) is 18.9 Å². The Morgan fingerprint density at radius 2 is 2.24 bits per heavy atom. The Kier molecular flexibility index (Phi) is 3.38.